The number of rotatable bonds is 6. The third kappa shape index (κ3) is 5.28. The normalized spacial score (nSPS) is 14.0. The molecule has 0 aromatic heterocycles. The third-order valence-corrected chi connectivity index (χ3v) is 22.6. The minimum Gasteiger partial charge on any atom is -0.309 e. The van der Waals surface area contributed by atoms with Crippen molar-refractivity contribution in [2.45, 2.75) is 0 Å². The van der Waals surface area contributed by atoms with Gasteiger partial charge in [0, 0.05) is 22.7 Å². The van der Waals surface area contributed by atoms with Crippen molar-refractivity contribution in [2.75, 3.05) is 9.80 Å². The predicted molar refractivity (Wildman–Crippen MR) is 260 cm³/mol. The lowest BCUT2D eigenvalue weighted by molar-refractivity contribution is 1.23. The summed E-state index contributed by atoms with van der Waals surface area (Å²) in [5.74, 6) is 0. The van der Waals surface area contributed by atoms with Crippen LogP contribution in [0.2, 0.25) is 0 Å². The molecule has 0 amide bonds. The second kappa shape index (κ2) is 14.9. The number of hydrogen-bond acceptors (Lipinski definition) is 4. The van der Waals surface area contributed by atoms with Gasteiger partial charge in [0.15, 0.2) is 16.1 Å². The maximum atomic E-state index is 11.1. The first-order valence-electron chi connectivity index (χ1n) is 20.9. The third-order valence-electron chi connectivity index (χ3n) is 12.9. The van der Waals surface area contributed by atoms with Crippen LogP contribution in [0.1, 0.15) is 11.1 Å². The average Bonchev–Trinajstić information content (AvgIpc) is 3.35. The summed E-state index contributed by atoms with van der Waals surface area (Å²) in [6.45, 7) is 0. The van der Waals surface area contributed by atoms with Crippen LogP contribution in [0.3, 0.4) is 0 Å². The van der Waals surface area contributed by atoms with Crippen molar-refractivity contribution in [3.8, 4) is 12.1 Å². The lowest BCUT2D eigenvalue weighted by Crippen LogP contribution is -2.77. The summed E-state index contributed by atoms with van der Waals surface area (Å²) in [4.78, 5) is 4.56. The molecule has 9 aromatic carbocycles. The van der Waals surface area contributed by atoms with E-state index in [0.717, 1.165) is 34.1 Å². The summed E-state index contributed by atoms with van der Waals surface area (Å²) >= 11 is 0. The van der Waals surface area contributed by atoms with Crippen LogP contribution in [-0.4, -0.2) is 16.1 Å². The number of nitrogens with zero attached hydrogens (tertiary/aromatic N) is 4. The molecule has 0 unspecified atom stereocenters. The molecule has 0 aliphatic carbocycles. The van der Waals surface area contributed by atoms with Gasteiger partial charge in [0.1, 0.15) is 12.1 Å². The van der Waals surface area contributed by atoms with Crippen molar-refractivity contribution in [3.63, 3.8) is 0 Å². The minimum absolute atomic E-state index is 0.430. The van der Waals surface area contributed by atoms with Gasteiger partial charge in [-0.05, 0) is 77.9 Å². The molecule has 0 saturated heterocycles. The van der Waals surface area contributed by atoms with Gasteiger partial charge in [0.05, 0.1) is 22.5 Å². The summed E-state index contributed by atoms with van der Waals surface area (Å²) in [5, 5.41) is 32.3. The monoisotopic (exact) mass is 822 g/mol. The van der Waals surface area contributed by atoms with Gasteiger partial charge in [-0.1, -0.05) is 194 Å². The molecule has 6 heteroatoms. The Labute approximate surface area is 364 Å². The van der Waals surface area contributed by atoms with Crippen LogP contribution in [0.15, 0.2) is 231 Å². The molecule has 2 aliphatic rings. The van der Waals surface area contributed by atoms with Gasteiger partial charge in [0.2, 0.25) is 0 Å². The van der Waals surface area contributed by atoms with Crippen LogP contribution in [0.25, 0.3) is 0 Å². The minimum atomic E-state index is -2.90. The molecule has 0 saturated carbocycles. The second-order valence-electron chi connectivity index (χ2n) is 15.8. The van der Waals surface area contributed by atoms with E-state index in [1.54, 1.807) is 6.07 Å². The van der Waals surface area contributed by atoms with Crippen LogP contribution in [0, 0.1) is 22.7 Å². The first kappa shape index (κ1) is 37.0. The Morgan fingerprint density at radius 2 is 0.516 bits per heavy atom. The Balaban J connectivity index is 1.20. The van der Waals surface area contributed by atoms with Crippen molar-refractivity contribution in [3.05, 3.63) is 242 Å². The van der Waals surface area contributed by atoms with Crippen LogP contribution in [0.4, 0.5) is 34.1 Å². The molecule has 2 heterocycles. The average molecular weight is 823 g/mol. The molecule has 11 rings (SSSR count). The SMILES string of the molecule is N#Cc1cc(C#N)c(N2c3ccccc3[Si](c3ccccc3)(c3ccccc3)c3ccccc32)cc1N1c2ccccc2[Si](c2ccccc2)(c2ccccc2)c2ccccc21. The highest BCUT2D eigenvalue weighted by molar-refractivity contribution is 7.22. The topological polar surface area (TPSA) is 54.1 Å². The Morgan fingerprint density at radius 3 is 0.774 bits per heavy atom. The maximum Gasteiger partial charge on any atom is 0.184 e. The molecular formula is C56H38N4Si2. The molecule has 0 spiro atoms. The predicted octanol–water partition coefficient (Wildman–Crippen LogP) is 7.75. The van der Waals surface area contributed by atoms with Crippen molar-refractivity contribution in [2.24, 2.45) is 0 Å². The summed E-state index contributed by atoms with van der Waals surface area (Å²) < 4.78 is 0. The zero-order valence-electron chi connectivity index (χ0n) is 33.7. The zero-order valence-corrected chi connectivity index (χ0v) is 35.7. The molecule has 0 bridgehead atoms. The number of anilines is 6. The smallest absolute Gasteiger partial charge is 0.184 e. The summed E-state index contributed by atoms with van der Waals surface area (Å²) in [6, 6.07) is 87.6. The van der Waals surface area contributed by atoms with Crippen molar-refractivity contribution < 1.29 is 0 Å². The molecule has 0 radical (unpaired) electrons. The zero-order chi connectivity index (χ0) is 41.7. The molecule has 290 valence electrons. The number of para-hydroxylation sites is 4. The van der Waals surface area contributed by atoms with Crippen LogP contribution >= 0.6 is 0 Å². The molecule has 2 aliphatic heterocycles. The largest absolute Gasteiger partial charge is 0.309 e. The first-order valence-corrected chi connectivity index (χ1v) is 24.9. The molecule has 4 nitrogen and oxygen atoms in total. The van der Waals surface area contributed by atoms with Crippen LogP contribution in [-0.2, 0) is 0 Å². The van der Waals surface area contributed by atoms with E-state index in [2.05, 4.69) is 246 Å². The summed E-state index contributed by atoms with van der Waals surface area (Å²) in [5.41, 5.74) is 6.40. The lowest BCUT2D eigenvalue weighted by Gasteiger charge is -2.46. The highest BCUT2D eigenvalue weighted by Gasteiger charge is 2.51. The highest BCUT2D eigenvalue weighted by Crippen LogP contribution is 2.46. The Morgan fingerprint density at radius 1 is 0.274 bits per heavy atom. The van der Waals surface area contributed by atoms with E-state index in [-0.39, 0.29) is 0 Å². The van der Waals surface area contributed by atoms with E-state index in [1.807, 2.05) is 0 Å². The van der Waals surface area contributed by atoms with Gasteiger partial charge in [-0.25, -0.2) is 0 Å². The number of hydrogen-bond donors (Lipinski definition) is 0. The van der Waals surface area contributed by atoms with Crippen LogP contribution in [0.5, 0.6) is 0 Å². The number of nitriles is 2. The molecular weight excluding hydrogens is 785 g/mol. The van der Waals surface area contributed by atoms with E-state index < -0.39 is 16.1 Å². The van der Waals surface area contributed by atoms with Gasteiger partial charge >= 0.3 is 0 Å². The van der Waals surface area contributed by atoms with Crippen molar-refractivity contribution >= 4 is 91.8 Å². The molecule has 62 heavy (non-hydrogen) atoms. The van der Waals surface area contributed by atoms with Crippen molar-refractivity contribution in [1.29, 1.82) is 10.5 Å². The van der Waals surface area contributed by atoms with Crippen molar-refractivity contribution in [1.82, 2.24) is 0 Å². The fraction of sp³-hybridized carbons (Fsp3) is 0. The quantitative estimate of drug-likeness (QED) is 0.161. The van der Waals surface area contributed by atoms with E-state index in [4.69, 9.17) is 0 Å². The Bertz CT molecular complexity index is 2840. The Hall–Kier alpha value is -8.01. The Kier molecular flexibility index (Phi) is 8.91. The first-order chi connectivity index (χ1) is 30.7. The van der Waals surface area contributed by atoms with Gasteiger partial charge in [-0.3, -0.25) is 0 Å². The highest BCUT2D eigenvalue weighted by atomic mass is 28.3. The standard InChI is InChI=1S/C56H38N4Si2/c57-39-41-37-42(40-58)52(60-49-31-15-19-35-55(49)62(45-25-9-3-10-26-45,46-27-11-4-12-28-46)56-36-20-16-32-50(56)60)38-51(41)59-47-29-13-17-33-53(47)61(43-21-5-1-6-22-43,44-23-7-2-8-24-44)54-34-18-14-30-48(54)59/h1-38H. The van der Waals surface area contributed by atoms with Gasteiger partial charge in [0.25, 0.3) is 0 Å². The molecule has 9 aromatic rings. The number of benzene rings is 9. The van der Waals surface area contributed by atoms with E-state index in [0.29, 0.717) is 11.1 Å². The lowest BCUT2D eigenvalue weighted by atomic mass is 10.0. The van der Waals surface area contributed by atoms with Crippen LogP contribution < -0.4 is 51.3 Å². The van der Waals surface area contributed by atoms with Gasteiger partial charge in [-0.15, -0.1) is 0 Å². The molecule has 0 atom stereocenters. The molecule has 0 N–H and O–H groups in total. The van der Waals surface area contributed by atoms with E-state index >= 15 is 0 Å². The maximum absolute atomic E-state index is 11.1. The number of fused-ring (bicyclic) bond motifs is 4. The van der Waals surface area contributed by atoms with E-state index in [9.17, 15) is 10.5 Å². The fourth-order valence-corrected chi connectivity index (χ4v) is 20.7. The van der Waals surface area contributed by atoms with Gasteiger partial charge in [-0.2, -0.15) is 10.5 Å². The molecule has 0 fully saturated rings. The van der Waals surface area contributed by atoms with Gasteiger partial charge < -0.3 is 9.80 Å². The fourth-order valence-electron chi connectivity index (χ4n) is 10.5. The summed E-state index contributed by atoms with van der Waals surface area (Å²) in [7, 11) is -5.80. The second-order valence-corrected chi connectivity index (χ2v) is 23.3. The van der Waals surface area contributed by atoms with E-state index in [1.165, 1.54) is 41.5 Å². The summed E-state index contributed by atoms with van der Waals surface area (Å²) in [6.07, 6.45) is 0.